The van der Waals surface area contributed by atoms with Crippen molar-refractivity contribution in [2.24, 2.45) is 0 Å². The molecule has 1 aromatic rings. The maximum Gasteiger partial charge on any atom is 0.234 e. The van der Waals surface area contributed by atoms with Crippen molar-refractivity contribution in [3.05, 3.63) is 30.3 Å². The Bertz CT molecular complexity index is 301. The van der Waals surface area contributed by atoms with Crippen molar-refractivity contribution in [1.29, 1.82) is 0 Å². The number of carbonyl (C=O) groups is 1. The number of likely N-dealkylation sites (N-methyl/N-ethyl adjacent to an activating group) is 1. The second kappa shape index (κ2) is 7.70. The minimum absolute atomic E-state index is 0.00138. The topological polar surface area (TPSA) is 50.4 Å². The lowest BCUT2D eigenvalue weighted by atomic mass is 10.3. The summed E-state index contributed by atoms with van der Waals surface area (Å²) in [6, 6.07) is 9.55. The summed E-state index contributed by atoms with van der Waals surface area (Å²) >= 11 is 0. The van der Waals surface area contributed by atoms with Gasteiger partial charge < -0.3 is 15.4 Å². The highest BCUT2D eigenvalue weighted by Gasteiger charge is 1.98. The van der Waals surface area contributed by atoms with Gasteiger partial charge in [0.2, 0.25) is 5.91 Å². The Morgan fingerprint density at radius 2 is 2.06 bits per heavy atom. The Morgan fingerprint density at radius 1 is 1.31 bits per heavy atom. The van der Waals surface area contributed by atoms with Gasteiger partial charge in [0, 0.05) is 0 Å². The third-order valence-corrected chi connectivity index (χ3v) is 1.97. The molecule has 0 spiro atoms. The van der Waals surface area contributed by atoms with E-state index in [1.165, 1.54) is 0 Å². The first-order chi connectivity index (χ1) is 7.83. The number of benzene rings is 1. The zero-order chi connectivity index (χ0) is 11.6. The van der Waals surface area contributed by atoms with Crippen LogP contribution >= 0.6 is 0 Å². The van der Waals surface area contributed by atoms with Crippen LogP contribution in [0.3, 0.4) is 0 Å². The quantitative estimate of drug-likeness (QED) is 0.671. The predicted octanol–water partition coefficient (Wildman–Crippen LogP) is 0.791. The fourth-order valence-electron chi connectivity index (χ4n) is 1.18. The van der Waals surface area contributed by atoms with Gasteiger partial charge in [0.15, 0.2) is 0 Å². The normalized spacial score (nSPS) is 9.81. The van der Waals surface area contributed by atoms with E-state index >= 15 is 0 Å². The highest BCUT2D eigenvalue weighted by molar-refractivity contribution is 5.77. The average molecular weight is 222 g/mol. The molecule has 0 aliphatic rings. The zero-order valence-corrected chi connectivity index (χ0v) is 9.53. The van der Waals surface area contributed by atoms with Gasteiger partial charge in [0.1, 0.15) is 12.4 Å². The average Bonchev–Trinajstić information content (AvgIpc) is 2.33. The fraction of sp³-hybridized carbons (Fsp3) is 0.417. The van der Waals surface area contributed by atoms with Crippen LogP contribution < -0.4 is 15.4 Å². The zero-order valence-electron chi connectivity index (χ0n) is 9.53. The summed E-state index contributed by atoms with van der Waals surface area (Å²) in [5.41, 5.74) is 0. The standard InChI is InChI=1S/C12H18N2O2/c1-2-13-10-12(15)14-8-9-16-11-6-4-3-5-7-11/h3-7,13H,2,8-10H2,1H3,(H,14,15). The van der Waals surface area contributed by atoms with Gasteiger partial charge in [-0.25, -0.2) is 0 Å². The number of hydrogen-bond acceptors (Lipinski definition) is 3. The first-order valence-corrected chi connectivity index (χ1v) is 5.48. The number of nitrogens with one attached hydrogen (secondary N) is 2. The van der Waals surface area contributed by atoms with Crippen LogP contribution in [0.15, 0.2) is 30.3 Å². The molecule has 0 unspecified atom stereocenters. The Labute approximate surface area is 96.0 Å². The minimum atomic E-state index is -0.00138. The molecule has 16 heavy (non-hydrogen) atoms. The highest BCUT2D eigenvalue weighted by atomic mass is 16.5. The number of carbonyl (C=O) groups excluding carboxylic acids is 1. The lowest BCUT2D eigenvalue weighted by Crippen LogP contribution is -2.35. The molecule has 0 atom stereocenters. The van der Waals surface area contributed by atoms with Crippen molar-refractivity contribution in [3.63, 3.8) is 0 Å². The van der Waals surface area contributed by atoms with E-state index in [9.17, 15) is 4.79 Å². The maximum absolute atomic E-state index is 11.2. The monoisotopic (exact) mass is 222 g/mol. The molecule has 4 nitrogen and oxygen atoms in total. The number of para-hydroxylation sites is 1. The van der Waals surface area contributed by atoms with Crippen molar-refractivity contribution in [3.8, 4) is 5.75 Å². The third kappa shape index (κ3) is 5.36. The van der Waals surface area contributed by atoms with Crippen molar-refractivity contribution in [1.82, 2.24) is 10.6 Å². The van der Waals surface area contributed by atoms with Crippen LogP contribution in [-0.4, -0.2) is 32.1 Å². The minimum Gasteiger partial charge on any atom is -0.492 e. The van der Waals surface area contributed by atoms with Crippen LogP contribution in [0.5, 0.6) is 5.75 Å². The molecule has 0 bridgehead atoms. The van der Waals surface area contributed by atoms with E-state index in [-0.39, 0.29) is 5.91 Å². The fourth-order valence-corrected chi connectivity index (χ4v) is 1.18. The van der Waals surface area contributed by atoms with Crippen molar-refractivity contribution in [2.45, 2.75) is 6.92 Å². The second-order valence-electron chi connectivity index (χ2n) is 3.29. The maximum atomic E-state index is 11.2. The van der Waals surface area contributed by atoms with Crippen LogP contribution in [-0.2, 0) is 4.79 Å². The van der Waals surface area contributed by atoms with Crippen molar-refractivity contribution >= 4 is 5.91 Å². The smallest absolute Gasteiger partial charge is 0.234 e. The first kappa shape index (κ1) is 12.5. The van der Waals surface area contributed by atoms with Crippen LogP contribution in [0, 0.1) is 0 Å². The molecule has 0 fully saturated rings. The predicted molar refractivity (Wildman–Crippen MR) is 63.5 cm³/mol. The molecule has 2 N–H and O–H groups in total. The molecule has 0 heterocycles. The second-order valence-corrected chi connectivity index (χ2v) is 3.29. The van der Waals surface area contributed by atoms with Gasteiger partial charge in [-0.3, -0.25) is 4.79 Å². The molecule has 1 rings (SSSR count). The molecule has 0 aliphatic heterocycles. The van der Waals surface area contributed by atoms with Crippen LogP contribution in [0.4, 0.5) is 0 Å². The molecule has 4 heteroatoms. The molecular weight excluding hydrogens is 204 g/mol. The summed E-state index contributed by atoms with van der Waals surface area (Å²) in [6.45, 7) is 4.14. The van der Waals surface area contributed by atoms with Gasteiger partial charge in [-0.15, -0.1) is 0 Å². The van der Waals surface area contributed by atoms with E-state index in [1.54, 1.807) is 0 Å². The van der Waals surface area contributed by atoms with Gasteiger partial charge in [0.05, 0.1) is 13.1 Å². The molecule has 0 radical (unpaired) electrons. The van der Waals surface area contributed by atoms with E-state index in [4.69, 9.17) is 4.74 Å². The number of hydrogen-bond donors (Lipinski definition) is 2. The lowest BCUT2D eigenvalue weighted by molar-refractivity contribution is -0.120. The van der Waals surface area contributed by atoms with Gasteiger partial charge in [0.25, 0.3) is 0 Å². The molecule has 0 aliphatic carbocycles. The molecule has 0 aromatic heterocycles. The summed E-state index contributed by atoms with van der Waals surface area (Å²) < 4.78 is 5.43. The summed E-state index contributed by atoms with van der Waals surface area (Å²) in [5, 5.41) is 5.72. The van der Waals surface area contributed by atoms with E-state index in [0.717, 1.165) is 12.3 Å². The molecular formula is C12H18N2O2. The third-order valence-electron chi connectivity index (χ3n) is 1.97. The number of ether oxygens (including phenoxy) is 1. The van der Waals surface area contributed by atoms with Crippen LogP contribution in [0.25, 0.3) is 0 Å². The van der Waals surface area contributed by atoms with E-state index in [1.807, 2.05) is 37.3 Å². The Balaban J connectivity index is 2.06. The number of rotatable bonds is 7. The Hall–Kier alpha value is -1.55. The molecule has 88 valence electrons. The Kier molecular flexibility index (Phi) is 6.03. The van der Waals surface area contributed by atoms with Gasteiger partial charge in [-0.2, -0.15) is 0 Å². The summed E-state index contributed by atoms with van der Waals surface area (Å²) in [5.74, 6) is 0.821. The molecule has 1 aromatic carbocycles. The molecule has 0 saturated heterocycles. The van der Waals surface area contributed by atoms with E-state index < -0.39 is 0 Å². The summed E-state index contributed by atoms with van der Waals surface area (Å²) in [7, 11) is 0. The Morgan fingerprint density at radius 3 is 2.75 bits per heavy atom. The molecule has 1 amide bonds. The van der Waals surface area contributed by atoms with Gasteiger partial charge in [-0.1, -0.05) is 25.1 Å². The van der Waals surface area contributed by atoms with E-state index in [0.29, 0.717) is 19.7 Å². The SMILES string of the molecule is CCNCC(=O)NCCOc1ccccc1. The number of amides is 1. The first-order valence-electron chi connectivity index (χ1n) is 5.48. The van der Waals surface area contributed by atoms with Crippen LogP contribution in [0.1, 0.15) is 6.92 Å². The van der Waals surface area contributed by atoms with Crippen molar-refractivity contribution in [2.75, 3.05) is 26.2 Å². The van der Waals surface area contributed by atoms with Gasteiger partial charge >= 0.3 is 0 Å². The van der Waals surface area contributed by atoms with Crippen molar-refractivity contribution < 1.29 is 9.53 Å². The largest absolute Gasteiger partial charge is 0.492 e. The molecule has 0 saturated carbocycles. The van der Waals surface area contributed by atoms with Gasteiger partial charge in [-0.05, 0) is 18.7 Å². The van der Waals surface area contributed by atoms with Crippen LogP contribution in [0.2, 0.25) is 0 Å². The van der Waals surface area contributed by atoms with E-state index in [2.05, 4.69) is 10.6 Å². The highest BCUT2D eigenvalue weighted by Crippen LogP contribution is 2.07. The lowest BCUT2D eigenvalue weighted by Gasteiger charge is -2.07. The summed E-state index contributed by atoms with van der Waals surface area (Å²) in [6.07, 6.45) is 0. The summed E-state index contributed by atoms with van der Waals surface area (Å²) in [4.78, 5) is 11.2.